The number of halogens is 1. The Labute approximate surface area is 117 Å². The summed E-state index contributed by atoms with van der Waals surface area (Å²) in [6.07, 6.45) is 4.85. The molecule has 0 spiro atoms. The van der Waals surface area contributed by atoms with E-state index in [9.17, 15) is 0 Å². The van der Waals surface area contributed by atoms with Gasteiger partial charge in [-0.15, -0.1) is 0 Å². The molecule has 1 aromatic carbocycles. The van der Waals surface area contributed by atoms with E-state index < -0.39 is 0 Å². The van der Waals surface area contributed by atoms with Gasteiger partial charge in [-0.05, 0) is 24.6 Å². The van der Waals surface area contributed by atoms with Gasteiger partial charge in [0.15, 0.2) is 0 Å². The standard InChI is InChI=1S/C14H15ClN4/c1-2-6-19-7-5-17-14(19)10-18-12-3-4-13(15)11(8-12)9-16/h3-5,7-8,18H,2,6,10H2,1H3. The van der Waals surface area contributed by atoms with Crippen LogP contribution in [0.3, 0.4) is 0 Å². The number of benzene rings is 1. The number of imidazole rings is 1. The predicted molar refractivity (Wildman–Crippen MR) is 76.0 cm³/mol. The maximum absolute atomic E-state index is 8.93. The molecule has 0 unspecified atom stereocenters. The molecule has 5 heteroatoms. The lowest BCUT2D eigenvalue weighted by Gasteiger charge is -2.09. The number of anilines is 1. The fourth-order valence-electron chi connectivity index (χ4n) is 1.85. The molecule has 2 aromatic rings. The van der Waals surface area contributed by atoms with Crippen molar-refractivity contribution in [3.63, 3.8) is 0 Å². The minimum absolute atomic E-state index is 0.473. The van der Waals surface area contributed by atoms with E-state index in [0.717, 1.165) is 24.5 Å². The molecule has 0 radical (unpaired) electrons. The molecule has 0 bridgehead atoms. The van der Waals surface area contributed by atoms with Gasteiger partial charge in [0.2, 0.25) is 0 Å². The Morgan fingerprint density at radius 1 is 1.47 bits per heavy atom. The Hall–Kier alpha value is -1.99. The van der Waals surface area contributed by atoms with Gasteiger partial charge < -0.3 is 9.88 Å². The first-order valence-electron chi connectivity index (χ1n) is 6.18. The molecule has 19 heavy (non-hydrogen) atoms. The van der Waals surface area contributed by atoms with Crippen LogP contribution in [0.2, 0.25) is 5.02 Å². The lowest BCUT2D eigenvalue weighted by atomic mass is 10.2. The Morgan fingerprint density at radius 2 is 2.32 bits per heavy atom. The monoisotopic (exact) mass is 274 g/mol. The lowest BCUT2D eigenvalue weighted by molar-refractivity contribution is 0.644. The van der Waals surface area contributed by atoms with Crippen molar-refractivity contribution in [1.82, 2.24) is 9.55 Å². The van der Waals surface area contributed by atoms with E-state index in [4.69, 9.17) is 16.9 Å². The maximum atomic E-state index is 8.93. The maximum Gasteiger partial charge on any atom is 0.128 e. The highest BCUT2D eigenvalue weighted by Crippen LogP contribution is 2.20. The molecule has 0 aliphatic rings. The Balaban J connectivity index is 2.06. The zero-order chi connectivity index (χ0) is 13.7. The van der Waals surface area contributed by atoms with Crippen molar-refractivity contribution < 1.29 is 0 Å². The number of aryl methyl sites for hydroxylation is 1. The summed E-state index contributed by atoms with van der Waals surface area (Å²) < 4.78 is 2.12. The lowest BCUT2D eigenvalue weighted by Crippen LogP contribution is -2.08. The average Bonchev–Trinajstić information content (AvgIpc) is 2.86. The minimum Gasteiger partial charge on any atom is -0.378 e. The van der Waals surface area contributed by atoms with Crippen LogP contribution < -0.4 is 5.32 Å². The van der Waals surface area contributed by atoms with Crippen molar-refractivity contribution in [2.45, 2.75) is 26.4 Å². The van der Waals surface area contributed by atoms with Crippen molar-refractivity contribution in [2.24, 2.45) is 0 Å². The normalized spacial score (nSPS) is 10.2. The summed E-state index contributed by atoms with van der Waals surface area (Å²) in [4.78, 5) is 4.32. The van der Waals surface area contributed by atoms with Crippen molar-refractivity contribution in [3.05, 3.63) is 47.0 Å². The third-order valence-corrected chi connectivity index (χ3v) is 3.13. The van der Waals surface area contributed by atoms with E-state index in [0.29, 0.717) is 17.1 Å². The molecule has 1 aromatic heterocycles. The Morgan fingerprint density at radius 3 is 3.05 bits per heavy atom. The molecular formula is C14H15ClN4. The molecule has 98 valence electrons. The van der Waals surface area contributed by atoms with Crippen LogP contribution in [0.25, 0.3) is 0 Å². The number of nitriles is 1. The summed E-state index contributed by atoms with van der Waals surface area (Å²) >= 11 is 5.90. The molecule has 0 fully saturated rings. The second-order valence-electron chi connectivity index (χ2n) is 4.20. The Bertz CT molecular complexity index is 598. The van der Waals surface area contributed by atoms with E-state index in [1.54, 1.807) is 18.3 Å². The van der Waals surface area contributed by atoms with Crippen LogP contribution in [-0.2, 0) is 13.1 Å². The van der Waals surface area contributed by atoms with Crippen LogP contribution in [0.1, 0.15) is 24.7 Å². The molecule has 0 aliphatic carbocycles. The van der Waals surface area contributed by atoms with Crippen LogP contribution in [0.15, 0.2) is 30.6 Å². The van der Waals surface area contributed by atoms with Gasteiger partial charge in [-0.3, -0.25) is 0 Å². The largest absolute Gasteiger partial charge is 0.378 e. The zero-order valence-electron chi connectivity index (χ0n) is 10.7. The van der Waals surface area contributed by atoms with Gasteiger partial charge in [-0.25, -0.2) is 4.98 Å². The van der Waals surface area contributed by atoms with Crippen LogP contribution >= 0.6 is 11.6 Å². The summed E-state index contributed by atoms with van der Waals surface area (Å²) in [6, 6.07) is 7.39. The third-order valence-electron chi connectivity index (χ3n) is 2.80. The first-order chi connectivity index (χ1) is 9.24. The molecular weight excluding hydrogens is 260 g/mol. The van der Waals surface area contributed by atoms with Crippen LogP contribution in [-0.4, -0.2) is 9.55 Å². The molecule has 4 nitrogen and oxygen atoms in total. The summed E-state index contributed by atoms with van der Waals surface area (Å²) in [6.45, 7) is 3.72. The summed E-state index contributed by atoms with van der Waals surface area (Å²) in [5, 5.41) is 12.7. The van der Waals surface area contributed by atoms with Gasteiger partial charge in [-0.1, -0.05) is 18.5 Å². The Kier molecular flexibility index (Phi) is 4.43. The highest BCUT2D eigenvalue weighted by Gasteiger charge is 2.04. The smallest absolute Gasteiger partial charge is 0.128 e. The summed E-state index contributed by atoms with van der Waals surface area (Å²) in [7, 11) is 0. The fraction of sp³-hybridized carbons (Fsp3) is 0.286. The number of nitrogens with zero attached hydrogens (tertiary/aromatic N) is 3. The van der Waals surface area contributed by atoms with Crippen LogP contribution in [0, 0.1) is 11.3 Å². The van der Waals surface area contributed by atoms with Gasteiger partial charge in [0, 0.05) is 24.6 Å². The van der Waals surface area contributed by atoms with E-state index in [1.807, 2.05) is 12.3 Å². The topological polar surface area (TPSA) is 53.6 Å². The van der Waals surface area contributed by atoms with Crippen LogP contribution in [0.5, 0.6) is 0 Å². The van der Waals surface area contributed by atoms with E-state index in [1.165, 1.54) is 0 Å². The molecule has 2 rings (SSSR count). The first-order valence-corrected chi connectivity index (χ1v) is 6.56. The minimum atomic E-state index is 0.473. The average molecular weight is 275 g/mol. The van der Waals surface area contributed by atoms with Crippen molar-refractivity contribution in [2.75, 3.05) is 5.32 Å². The molecule has 1 heterocycles. The number of hydrogen-bond acceptors (Lipinski definition) is 3. The second kappa shape index (κ2) is 6.26. The molecule has 0 saturated carbocycles. The van der Waals surface area contributed by atoms with Crippen molar-refractivity contribution in [3.8, 4) is 6.07 Å². The van der Waals surface area contributed by atoms with Crippen molar-refractivity contribution in [1.29, 1.82) is 5.26 Å². The fourth-order valence-corrected chi connectivity index (χ4v) is 2.01. The van der Waals surface area contributed by atoms with E-state index in [2.05, 4.69) is 27.9 Å². The number of rotatable bonds is 5. The van der Waals surface area contributed by atoms with Crippen molar-refractivity contribution >= 4 is 17.3 Å². The SMILES string of the molecule is CCCn1ccnc1CNc1ccc(Cl)c(C#N)c1. The zero-order valence-corrected chi connectivity index (χ0v) is 11.5. The van der Waals surface area contributed by atoms with Gasteiger partial charge in [0.25, 0.3) is 0 Å². The summed E-state index contributed by atoms with van der Waals surface area (Å²) in [5.74, 6) is 0.982. The highest BCUT2D eigenvalue weighted by atomic mass is 35.5. The third kappa shape index (κ3) is 3.27. The molecule has 0 amide bonds. The number of aromatic nitrogens is 2. The predicted octanol–water partition coefficient (Wildman–Crippen LogP) is 3.43. The molecule has 0 atom stereocenters. The van der Waals surface area contributed by atoms with Gasteiger partial charge in [0.1, 0.15) is 11.9 Å². The van der Waals surface area contributed by atoms with Gasteiger partial charge >= 0.3 is 0 Å². The van der Waals surface area contributed by atoms with Gasteiger partial charge in [-0.2, -0.15) is 5.26 Å². The summed E-state index contributed by atoms with van der Waals surface area (Å²) in [5.41, 5.74) is 1.34. The molecule has 1 N–H and O–H groups in total. The second-order valence-corrected chi connectivity index (χ2v) is 4.60. The van der Waals surface area contributed by atoms with E-state index >= 15 is 0 Å². The number of nitrogens with one attached hydrogen (secondary N) is 1. The van der Waals surface area contributed by atoms with Gasteiger partial charge in [0.05, 0.1) is 17.1 Å². The van der Waals surface area contributed by atoms with Crippen LogP contribution in [0.4, 0.5) is 5.69 Å². The molecule has 0 saturated heterocycles. The first kappa shape index (κ1) is 13.4. The number of hydrogen-bond donors (Lipinski definition) is 1. The highest BCUT2D eigenvalue weighted by molar-refractivity contribution is 6.31. The quantitative estimate of drug-likeness (QED) is 0.909. The van der Waals surface area contributed by atoms with E-state index in [-0.39, 0.29) is 0 Å². The molecule has 0 aliphatic heterocycles.